The number of hydrogen-bond acceptors (Lipinski definition) is 4. The molecular formula is C45H29N3S. The first-order chi connectivity index (χ1) is 24.3. The number of rotatable bonds is 6. The molecule has 3 nitrogen and oxygen atoms in total. The third-order valence-corrected chi connectivity index (χ3v) is 10.1. The van der Waals surface area contributed by atoms with Gasteiger partial charge in [-0.1, -0.05) is 152 Å². The van der Waals surface area contributed by atoms with Crippen LogP contribution in [0, 0.1) is 0 Å². The van der Waals surface area contributed by atoms with Crippen LogP contribution in [-0.4, -0.2) is 15.0 Å². The van der Waals surface area contributed by atoms with Crippen LogP contribution in [0.3, 0.4) is 0 Å². The summed E-state index contributed by atoms with van der Waals surface area (Å²) in [4.78, 5) is 15.2. The SMILES string of the molecule is c1ccc(-c2ccc(-c3nc(-c4ccc(-c5ccccc5)cc4)nc(-c4ccc5sc6cccc(-c7ccccc7)c6c5c4)n3)cc2)cc1. The number of nitrogens with zero attached hydrogens (tertiary/aromatic N) is 3. The average molecular weight is 644 g/mol. The third-order valence-electron chi connectivity index (χ3n) is 8.97. The van der Waals surface area contributed by atoms with Crippen molar-refractivity contribution in [2.24, 2.45) is 0 Å². The zero-order valence-corrected chi connectivity index (χ0v) is 27.3. The molecule has 0 saturated heterocycles. The summed E-state index contributed by atoms with van der Waals surface area (Å²) in [6.45, 7) is 0. The summed E-state index contributed by atoms with van der Waals surface area (Å²) in [5.74, 6) is 1.94. The van der Waals surface area contributed by atoms with Gasteiger partial charge in [-0.3, -0.25) is 0 Å². The lowest BCUT2D eigenvalue weighted by Crippen LogP contribution is -2.00. The van der Waals surface area contributed by atoms with Gasteiger partial charge in [-0.05, 0) is 57.6 Å². The van der Waals surface area contributed by atoms with Crippen LogP contribution in [0.1, 0.15) is 0 Å². The highest BCUT2D eigenvalue weighted by Gasteiger charge is 2.16. The fourth-order valence-corrected chi connectivity index (χ4v) is 7.58. The zero-order valence-electron chi connectivity index (χ0n) is 26.5. The maximum Gasteiger partial charge on any atom is 0.164 e. The minimum absolute atomic E-state index is 0.645. The molecule has 0 atom stereocenters. The van der Waals surface area contributed by atoms with Gasteiger partial charge < -0.3 is 0 Å². The molecule has 0 N–H and O–H groups in total. The molecule has 7 aromatic carbocycles. The maximum atomic E-state index is 5.10. The van der Waals surface area contributed by atoms with Crippen molar-refractivity contribution < 1.29 is 0 Å². The van der Waals surface area contributed by atoms with Crippen LogP contribution < -0.4 is 0 Å². The molecule has 0 spiro atoms. The molecule has 0 unspecified atom stereocenters. The molecule has 0 radical (unpaired) electrons. The van der Waals surface area contributed by atoms with E-state index in [1.807, 2.05) is 23.5 Å². The largest absolute Gasteiger partial charge is 0.208 e. The second-order valence-electron chi connectivity index (χ2n) is 12.1. The van der Waals surface area contributed by atoms with Crippen LogP contribution >= 0.6 is 11.3 Å². The average Bonchev–Trinajstić information content (AvgIpc) is 3.57. The lowest BCUT2D eigenvalue weighted by Gasteiger charge is -2.10. The van der Waals surface area contributed by atoms with Crippen LogP contribution in [0.25, 0.3) is 87.7 Å². The molecule has 0 fully saturated rings. The van der Waals surface area contributed by atoms with Crippen molar-refractivity contribution in [1.29, 1.82) is 0 Å². The first kappa shape index (κ1) is 29.0. The molecule has 0 aliphatic heterocycles. The molecular weight excluding hydrogens is 615 g/mol. The van der Waals surface area contributed by atoms with E-state index in [2.05, 4.69) is 164 Å². The molecule has 9 rings (SSSR count). The molecule has 49 heavy (non-hydrogen) atoms. The molecule has 9 aromatic rings. The van der Waals surface area contributed by atoms with Gasteiger partial charge in [0.15, 0.2) is 17.5 Å². The van der Waals surface area contributed by atoms with Crippen molar-refractivity contribution in [3.8, 4) is 67.5 Å². The number of thiophene rings is 1. The van der Waals surface area contributed by atoms with Crippen molar-refractivity contribution in [1.82, 2.24) is 15.0 Å². The van der Waals surface area contributed by atoms with Crippen LogP contribution in [0.15, 0.2) is 176 Å². The smallest absolute Gasteiger partial charge is 0.164 e. The monoisotopic (exact) mass is 643 g/mol. The third kappa shape index (κ3) is 5.58. The normalized spacial score (nSPS) is 11.3. The minimum atomic E-state index is 0.645. The Bertz CT molecular complexity index is 2460. The van der Waals surface area contributed by atoms with Gasteiger partial charge in [0.2, 0.25) is 0 Å². The summed E-state index contributed by atoms with van der Waals surface area (Å²) < 4.78 is 2.51. The lowest BCUT2D eigenvalue weighted by molar-refractivity contribution is 1.07. The predicted molar refractivity (Wildman–Crippen MR) is 205 cm³/mol. The Morgan fingerprint density at radius 3 is 1.27 bits per heavy atom. The summed E-state index contributed by atoms with van der Waals surface area (Å²) in [6, 6.07) is 61.6. The van der Waals surface area contributed by atoms with E-state index in [0.29, 0.717) is 17.5 Å². The number of benzene rings is 7. The standard InChI is InChI=1S/C45H29N3S/c1-4-11-30(12-5-1)32-19-23-35(24-20-32)43-46-44(36-25-21-33(22-26-36)31-13-6-2-7-14-31)48-45(47-43)37-27-28-40-39(29-37)42-38(17-10-18-41(42)49-40)34-15-8-3-9-16-34/h1-29H. The van der Waals surface area contributed by atoms with Crippen molar-refractivity contribution in [3.05, 3.63) is 176 Å². The number of hydrogen-bond donors (Lipinski definition) is 0. The van der Waals surface area contributed by atoms with Gasteiger partial charge in [-0.25, -0.2) is 15.0 Å². The van der Waals surface area contributed by atoms with Crippen molar-refractivity contribution in [2.45, 2.75) is 0 Å². The Morgan fingerprint density at radius 2 is 0.735 bits per heavy atom. The van der Waals surface area contributed by atoms with E-state index in [1.165, 1.54) is 42.4 Å². The minimum Gasteiger partial charge on any atom is -0.208 e. The zero-order chi connectivity index (χ0) is 32.6. The Kier molecular flexibility index (Phi) is 7.34. The summed E-state index contributed by atoms with van der Waals surface area (Å²) in [6.07, 6.45) is 0. The summed E-state index contributed by atoms with van der Waals surface area (Å²) >= 11 is 1.82. The highest BCUT2D eigenvalue weighted by molar-refractivity contribution is 7.26. The quantitative estimate of drug-likeness (QED) is 0.181. The molecule has 2 heterocycles. The summed E-state index contributed by atoms with van der Waals surface area (Å²) in [5.41, 5.74) is 9.95. The van der Waals surface area contributed by atoms with Crippen LogP contribution in [0.5, 0.6) is 0 Å². The van der Waals surface area contributed by atoms with Gasteiger partial charge in [0, 0.05) is 36.9 Å². The predicted octanol–water partition coefficient (Wildman–Crippen LogP) is 12.2. The van der Waals surface area contributed by atoms with Gasteiger partial charge in [-0.15, -0.1) is 11.3 Å². The van der Waals surface area contributed by atoms with E-state index in [1.54, 1.807) is 0 Å². The fourth-order valence-electron chi connectivity index (χ4n) is 6.47. The van der Waals surface area contributed by atoms with E-state index in [-0.39, 0.29) is 0 Å². The maximum absolute atomic E-state index is 5.10. The van der Waals surface area contributed by atoms with Gasteiger partial charge >= 0.3 is 0 Å². The Balaban J connectivity index is 1.19. The lowest BCUT2D eigenvalue weighted by atomic mass is 9.99. The van der Waals surface area contributed by atoms with Crippen molar-refractivity contribution in [2.75, 3.05) is 0 Å². The molecule has 0 bridgehead atoms. The molecule has 0 aliphatic rings. The van der Waals surface area contributed by atoms with Gasteiger partial charge in [0.1, 0.15) is 0 Å². The van der Waals surface area contributed by atoms with Crippen LogP contribution in [0.2, 0.25) is 0 Å². The van der Waals surface area contributed by atoms with E-state index in [4.69, 9.17) is 15.0 Å². The molecule has 230 valence electrons. The molecule has 0 amide bonds. The molecule has 2 aromatic heterocycles. The van der Waals surface area contributed by atoms with Crippen LogP contribution in [0.4, 0.5) is 0 Å². The van der Waals surface area contributed by atoms with Crippen molar-refractivity contribution in [3.63, 3.8) is 0 Å². The first-order valence-corrected chi connectivity index (χ1v) is 17.2. The second-order valence-corrected chi connectivity index (χ2v) is 13.1. The summed E-state index contributed by atoms with van der Waals surface area (Å²) in [5, 5.41) is 2.47. The van der Waals surface area contributed by atoms with E-state index < -0.39 is 0 Å². The van der Waals surface area contributed by atoms with Gasteiger partial charge in [0.25, 0.3) is 0 Å². The first-order valence-electron chi connectivity index (χ1n) is 16.4. The Labute approximate surface area is 288 Å². The van der Waals surface area contributed by atoms with Crippen LogP contribution in [-0.2, 0) is 0 Å². The van der Waals surface area contributed by atoms with Gasteiger partial charge in [0.05, 0.1) is 0 Å². The number of fused-ring (bicyclic) bond motifs is 3. The fraction of sp³-hybridized carbons (Fsp3) is 0. The topological polar surface area (TPSA) is 38.7 Å². The van der Waals surface area contributed by atoms with Crippen molar-refractivity contribution >= 4 is 31.5 Å². The van der Waals surface area contributed by atoms with E-state index in [9.17, 15) is 0 Å². The van der Waals surface area contributed by atoms with E-state index >= 15 is 0 Å². The number of aromatic nitrogens is 3. The van der Waals surface area contributed by atoms with Gasteiger partial charge in [-0.2, -0.15) is 0 Å². The second kappa shape index (κ2) is 12.4. The van der Waals surface area contributed by atoms with E-state index in [0.717, 1.165) is 27.8 Å². The molecule has 4 heteroatoms. The highest BCUT2D eigenvalue weighted by atomic mass is 32.1. The molecule has 0 aliphatic carbocycles. The Morgan fingerprint density at radius 1 is 0.306 bits per heavy atom. The summed E-state index contributed by atoms with van der Waals surface area (Å²) in [7, 11) is 0. The highest BCUT2D eigenvalue weighted by Crippen LogP contribution is 2.41. The Hall–Kier alpha value is -6.23. The molecule has 0 saturated carbocycles.